The molecule has 0 atom stereocenters. The average Bonchev–Trinajstić information content (AvgIpc) is 3.19. The lowest BCUT2D eigenvalue weighted by Crippen LogP contribution is -2.31. The second-order valence-corrected chi connectivity index (χ2v) is 6.76. The van der Waals surface area contributed by atoms with Crippen molar-refractivity contribution in [2.75, 3.05) is 16.3 Å². The molecule has 2 amide bonds. The van der Waals surface area contributed by atoms with Gasteiger partial charge in [0.1, 0.15) is 5.82 Å². The van der Waals surface area contributed by atoms with Gasteiger partial charge in [-0.3, -0.25) is 14.5 Å². The summed E-state index contributed by atoms with van der Waals surface area (Å²) in [4.78, 5) is 33.0. The third-order valence-electron chi connectivity index (χ3n) is 4.85. The lowest BCUT2D eigenvalue weighted by Gasteiger charge is -2.22. The molecule has 1 fully saturated rings. The van der Waals surface area contributed by atoms with Gasteiger partial charge in [-0.25, -0.2) is 4.98 Å². The first-order valence-corrected chi connectivity index (χ1v) is 9.39. The molecule has 2 heterocycles. The number of hydrogen-bond donors (Lipinski definition) is 0. The van der Waals surface area contributed by atoms with Crippen molar-refractivity contribution < 1.29 is 9.59 Å². The quantitative estimate of drug-likeness (QED) is 0.680. The summed E-state index contributed by atoms with van der Waals surface area (Å²) in [5.41, 5.74) is 2.43. The highest BCUT2D eigenvalue weighted by molar-refractivity contribution is 6.06. The molecule has 2 aromatic carbocycles. The van der Waals surface area contributed by atoms with Crippen LogP contribution in [0.5, 0.6) is 0 Å². The second kappa shape index (κ2) is 8.05. The molecule has 0 spiro atoms. The van der Waals surface area contributed by atoms with Crippen molar-refractivity contribution in [2.45, 2.75) is 19.4 Å². The highest BCUT2D eigenvalue weighted by Gasteiger charge is 2.23. The average molecular weight is 371 g/mol. The molecule has 0 saturated carbocycles. The molecule has 1 aromatic heterocycles. The van der Waals surface area contributed by atoms with Crippen molar-refractivity contribution in [3.05, 3.63) is 90.1 Å². The molecule has 0 radical (unpaired) electrons. The molecule has 140 valence electrons. The zero-order valence-electron chi connectivity index (χ0n) is 15.5. The van der Waals surface area contributed by atoms with Crippen LogP contribution in [0.3, 0.4) is 0 Å². The summed E-state index contributed by atoms with van der Waals surface area (Å²) in [6.07, 6.45) is 3.15. The minimum atomic E-state index is -0.123. The largest absolute Gasteiger partial charge is 0.312 e. The monoisotopic (exact) mass is 371 g/mol. The first-order chi connectivity index (χ1) is 13.7. The zero-order chi connectivity index (χ0) is 19.3. The van der Waals surface area contributed by atoms with Gasteiger partial charge in [-0.2, -0.15) is 0 Å². The summed E-state index contributed by atoms with van der Waals surface area (Å²) in [6.45, 7) is 1.17. The van der Waals surface area contributed by atoms with Gasteiger partial charge >= 0.3 is 0 Å². The number of aromatic nitrogens is 1. The van der Waals surface area contributed by atoms with E-state index in [-0.39, 0.29) is 11.8 Å². The van der Waals surface area contributed by atoms with Gasteiger partial charge in [0.05, 0.1) is 6.54 Å². The predicted molar refractivity (Wildman–Crippen MR) is 109 cm³/mol. The molecule has 1 saturated heterocycles. The van der Waals surface area contributed by atoms with Crippen molar-refractivity contribution >= 4 is 23.3 Å². The molecule has 5 heteroatoms. The van der Waals surface area contributed by atoms with E-state index < -0.39 is 0 Å². The number of carbonyl (C=O) groups excluding carboxylic acids is 2. The van der Waals surface area contributed by atoms with Crippen molar-refractivity contribution in [3.63, 3.8) is 0 Å². The number of pyridine rings is 1. The van der Waals surface area contributed by atoms with Crippen LogP contribution < -0.4 is 9.80 Å². The number of nitrogens with zero attached hydrogens (tertiary/aromatic N) is 3. The third kappa shape index (κ3) is 3.78. The fourth-order valence-corrected chi connectivity index (χ4v) is 3.40. The van der Waals surface area contributed by atoms with Crippen LogP contribution in [-0.4, -0.2) is 23.3 Å². The highest BCUT2D eigenvalue weighted by atomic mass is 16.2. The van der Waals surface area contributed by atoms with Gasteiger partial charge in [-0.15, -0.1) is 0 Å². The third-order valence-corrected chi connectivity index (χ3v) is 4.85. The Hall–Kier alpha value is -3.47. The minimum absolute atomic E-state index is 0.123. The fraction of sp³-hybridized carbons (Fsp3) is 0.174. The van der Waals surface area contributed by atoms with E-state index in [0.717, 1.165) is 24.2 Å². The summed E-state index contributed by atoms with van der Waals surface area (Å²) < 4.78 is 0. The van der Waals surface area contributed by atoms with Crippen LogP contribution in [0.25, 0.3) is 0 Å². The van der Waals surface area contributed by atoms with Gasteiger partial charge in [0.2, 0.25) is 5.91 Å². The first-order valence-electron chi connectivity index (χ1n) is 9.39. The van der Waals surface area contributed by atoms with Crippen LogP contribution in [0.1, 0.15) is 28.8 Å². The van der Waals surface area contributed by atoms with Crippen LogP contribution in [0.15, 0.2) is 79.0 Å². The number of benzene rings is 2. The van der Waals surface area contributed by atoms with E-state index in [1.165, 1.54) is 0 Å². The van der Waals surface area contributed by atoms with Gasteiger partial charge in [-0.1, -0.05) is 36.4 Å². The van der Waals surface area contributed by atoms with Gasteiger partial charge in [0.15, 0.2) is 0 Å². The zero-order valence-corrected chi connectivity index (χ0v) is 15.5. The Morgan fingerprint density at radius 2 is 1.71 bits per heavy atom. The van der Waals surface area contributed by atoms with Crippen LogP contribution >= 0.6 is 0 Å². The Morgan fingerprint density at radius 1 is 0.964 bits per heavy atom. The predicted octanol–water partition coefficient (Wildman–Crippen LogP) is 4.06. The van der Waals surface area contributed by atoms with E-state index in [0.29, 0.717) is 24.3 Å². The number of carbonyl (C=O) groups is 2. The van der Waals surface area contributed by atoms with Gasteiger partial charge in [-0.05, 0) is 48.4 Å². The van der Waals surface area contributed by atoms with E-state index in [1.54, 1.807) is 28.1 Å². The summed E-state index contributed by atoms with van der Waals surface area (Å²) >= 11 is 0. The Kier molecular flexibility index (Phi) is 5.15. The highest BCUT2D eigenvalue weighted by Crippen LogP contribution is 2.23. The van der Waals surface area contributed by atoms with Crippen LogP contribution in [-0.2, 0) is 11.3 Å². The van der Waals surface area contributed by atoms with E-state index >= 15 is 0 Å². The van der Waals surface area contributed by atoms with E-state index in [2.05, 4.69) is 4.98 Å². The maximum absolute atomic E-state index is 13.3. The molecule has 0 aliphatic carbocycles. The van der Waals surface area contributed by atoms with Crippen LogP contribution in [0.2, 0.25) is 0 Å². The van der Waals surface area contributed by atoms with Crippen LogP contribution in [0.4, 0.5) is 11.5 Å². The molecule has 3 aromatic rings. The lowest BCUT2D eigenvalue weighted by atomic mass is 10.1. The standard InChI is InChI=1S/C23H21N3O2/c27-22-10-6-16-25(22)20-13-11-19(12-14-20)23(28)26(21-9-4-5-15-24-21)17-18-7-2-1-3-8-18/h1-5,7-9,11-15H,6,10,16-17H2. The molecule has 1 aliphatic rings. The van der Waals surface area contributed by atoms with E-state index in [1.807, 2.05) is 60.7 Å². The van der Waals surface area contributed by atoms with Gasteiger partial charge in [0.25, 0.3) is 5.91 Å². The van der Waals surface area contributed by atoms with Crippen molar-refractivity contribution in [1.82, 2.24) is 4.98 Å². The Balaban J connectivity index is 1.60. The molecule has 0 unspecified atom stereocenters. The van der Waals surface area contributed by atoms with Gasteiger partial charge in [0, 0.05) is 30.4 Å². The maximum Gasteiger partial charge on any atom is 0.259 e. The number of amides is 2. The molecular formula is C23H21N3O2. The number of anilines is 2. The minimum Gasteiger partial charge on any atom is -0.312 e. The summed E-state index contributed by atoms with van der Waals surface area (Å²) in [5, 5.41) is 0. The van der Waals surface area contributed by atoms with Crippen molar-refractivity contribution in [1.29, 1.82) is 0 Å². The lowest BCUT2D eigenvalue weighted by molar-refractivity contribution is -0.117. The fourth-order valence-electron chi connectivity index (χ4n) is 3.40. The molecule has 1 aliphatic heterocycles. The molecule has 0 bridgehead atoms. The topological polar surface area (TPSA) is 53.5 Å². The van der Waals surface area contributed by atoms with Crippen LogP contribution in [0, 0.1) is 0 Å². The molecule has 0 N–H and O–H groups in total. The number of hydrogen-bond acceptors (Lipinski definition) is 3. The summed E-state index contributed by atoms with van der Waals surface area (Å²) in [5.74, 6) is 0.621. The first kappa shape index (κ1) is 17.9. The Labute approximate surface area is 164 Å². The molecular weight excluding hydrogens is 350 g/mol. The smallest absolute Gasteiger partial charge is 0.259 e. The molecule has 5 nitrogen and oxygen atoms in total. The van der Waals surface area contributed by atoms with Gasteiger partial charge < -0.3 is 4.90 Å². The summed E-state index contributed by atoms with van der Waals surface area (Å²) in [6, 6.07) is 22.6. The van der Waals surface area contributed by atoms with E-state index in [9.17, 15) is 9.59 Å². The van der Waals surface area contributed by atoms with Crippen molar-refractivity contribution in [3.8, 4) is 0 Å². The molecule has 28 heavy (non-hydrogen) atoms. The molecule has 4 rings (SSSR count). The maximum atomic E-state index is 13.3. The van der Waals surface area contributed by atoms with E-state index in [4.69, 9.17) is 0 Å². The number of rotatable bonds is 5. The normalized spacial score (nSPS) is 13.6. The summed E-state index contributed by atoms with van der Waals surface area (Å²) in [7, 11) is 0. The SMILES string of the molecule is O=C1CCCN1c1ccc(C(=O)N(Cc2ccccc2)c2ccccn2)cc1. The second-order valence-electron chi connectivity index (χ2n) is 6.76. The van der Waals surface area contributed by atoms with Crippen molar-refractivity contribution in [2.24, 2.45) is 0 Å². The Bertz CT molecular complexity index is 956. The Morgan fingerprint density at radius 3 is 2.36 bits per heavy atom.